The first-order chi connectivity index (χ1) is 10.8. The number of esters is 2. The molecule has 1 heterocycles. The van der Waals surface area contributed by atoms with Crippen LogP contribution in [0, 0.1) is 5.92 Å². The largest absolute Gasteiger partial charge is 0.462 e. The van der Waals surface area contributed by atoms with Crippen LogP contribution in [0.25, 0.3) is 0 Å². The Morgan fingerprint density at radius 3 is 2.26 bits per heavy atom. The Balaban J connectivity index is 2.43. The second kappa shape index (κ2) is 7.10. The van der Waals surface area contributed by atoms with Crippen LogP contribution in [0.3, 0.4) is 0 Å². The SMILES string of the molecule is CC1CCCCOC(=O)c2cc(cc(S(=O)(=O)O)c2)C(=O)OC1. The lowest BCUT2D eigenvalue weighted by Crippen LogP contribution is -2.14. The Morgan fingerprint density at radius 2 is 1.65 bits per heavy atom. The van der Waals surface area contributed by atoms with Crippen LogP contribution < -0.4 is 0 Å². The third-order valence-electron chi connectivity index (χ3n) is 3.50. The van der Waals surface area contributed by atoms with Crippen LogP contribution in [0.5, 0.6) is 0 Å². The number of benzene rings is 1. The molecule has 1 atom stereocenters. The molecule has 2 rings (SSSR count). The van der Waals surface area contributed by atoms with Gasteiger partial charge in [-0.15, -0.1) is 0 Å². The highest BCUT2D eigenvalue weighted by molar-refractivity contribution is 7.85. The highest BCUT2D eigenvalue weighted by Crippen LogP contribution is 2.19. The lowest BCUT2D eigenvalue weighted by atomic mass is 10.1. The maximum absolute atomic E-state index is 12.1. The standard InChI is InChI=1S/C15H18O7S/c1-10-4-2-3-5-21-14(16)11-6-12(15(17)22-9-10)8-13(7-11)23(18,19)20/h6-8,10H,2-5,9H2,1H3,(H,18,19,20). The highest BCUT2D eigenvalue weighted by atomic mass is 32.2. The maximum Gasteiger partial charge on any atom is 0.338 e. The number of hydrogen-bond donors (Lipinski definition) is 1. The van der Waals surface area contributed by atoms with E-state index in [1.54, 1.807) is 0 Å². The minimum Gasteiger partial charge on any atom is -0.462 e. The van der Waals surface area contributed by atoms with Crippen LogP contribution in [0.1, 0.15) is 46.9 Å². The molecule has 1 aromatic rings. The molecule has 7 nitrogen and oxygen atoms in total. The minimum atomic E-state index is -4.57. The van der Waals surface area contributed by atoms with E-state index in [-0.39, 0.29) is 30.3 Å². The Kier molecular flexibility index (Phi) is 5.38. The fraction of sp³-hybridized carbons (Fsp3) is 0.467. The van der Waals surface area contributed by atoms with Crippen LogP contribution in [0.4, 0.5) is 0 Å². The molecule has 2 bridgehead atoms. The summed E-state index contributed by atoms with van der Waals surface area (Å²) in [6.07, 6.45) is 2.30. The Bertz CT molecular complexity index is 709. The van der Waals surface area contributed by atoms with Gasteiger partial charge in [0.1, 0.15) is 0 Å². The third kappa shape index (κ3) is 4.77. The van der Waals surface area contributed by atoms with Crippen molar-refractivity contribution in [3.63, 3.8) is 0 Å². The van der Waals surface area contributed by atoms with Crippen molar-refractivity contribution >= 4 is 22.1 Å². The van der Waals surface area contributed by atoms with Crippen LogP contribution >= 0.6 is 0 Å². The molecule has 0 aliphatic carbocycles. The number of rotatable bonds is 1. The molecule has 1 aromatic carbocycles. The van der Waals surface area contributed by atoms with E-state index in [2.05, 4.69) is 0 Å². The molecule has 0 spiro atoms. The molecule has 0 saturated carbocycles. The molecule has 1 aliphatic rings. The fourth-order valence-corrected chi connectivity index (χ4v) is 2.76. The van der Waals surface area contributed by atoms with Gasteiger partial charge in [0.25, 0.3) is 10.1 Å². The zero-order chi connectivity index (χ0) is 17.0. The van der Waals surface area contributed by atoms with Gasteiger partial charge in [-0.1, -0.05) is 6.92 Å². The Hall–Kier alpha value is -1.93. The Labute approximate surface area is 134 Å². The predicted octanol–water partition coefficient (Wildman–Crippen LogP) is 2.07. The molecule has 8 heteroatoms. The molecule has 1 N–H and O–H groups in total. The van der Waals surface area contributed by atoms with Gasteiger partial charge in [-0.3, -0.25) is 4.55 Å². The first-order valence-electron chi connectivity index (χ1n) is 7.24. The number of hydrogen-bond acceptors (Lipinski definition) is 6. The van der Waals surface area contributed by atoms with Crippen LogP contribution in [0.15, 0.2) is 23.1 Å². The molecule has 0 radical (unpaired) electrons. The van der Waals surface area contributed by atoms with Crippen molar-refractivity contribution in [1.82, 2.24) is 0 Å². The number of cyclic esters (lactones) is 2. The summed E-state index contributed by atoms with van der Waals surface area (Å²) in [4.78, 5) is 23.5. The zero-order valence-corrected chi connectivity index (χ0v) is 13.5. The van der Waals surface area contributed by atoms with E-state index in [1.165, 1.54) is 6.07 Å². The third-order valence-corrected chi connectivity index (χ3v) is 4.33. The second-order valence-electron chi connectivity index (χ2n) is 5.56. The summed E-state index contributed by atoms with van der Waals surface area (Å²) in [5.41, 5.74) is -0.252. The molecular weight excluding hydrogens is 324 g/mol. The van der Waals surface area contributed by atoms with Crippen molar-refractivity contribution in [2.75, 3.05) is 13.2 Å². The van der Waals surface area contributed by atoms with Crippen molar-refractivity contribution in [1.29, 1.82) is 0 Å². The number of fused-ring (bicyclic) bond motifs is 2. The van der Waals surface area contributed by atoms with Crippen molar-refractivity contribution in [3.05, 3.63) is 29.3 Å². The molecule has 0 saturated heterocycles. The zero-order valence-electron chi connectivity index (χ0n) is 12.6. The van der Waals surface area contributed by atoms with E-state index >= 15 is 0 Å². The molecule has 0 fully saturated rings. The van der Waals surface area contributed by atoms with Crippen LogP contribution in [0.2, 0.25) is 0 Å². The van der Waals surface area contributed by atoms with Crippen molar-refractivity contribution < 1.29 is 32.0 Å². The molecule has 0 amide bonds. The quantitative estimate of drug-likeness (QED) is 0.615. The molecular formula is C15H18O7S. The summed E-state index contributed by atoms with van der Waals surface area (Å²) in [6, 6.07) is 3.14. The van der Waals surface area contributed by atoms with Gasteiger partial charge in [-0.2, -0.15) is 8.42 Å². The molecule has 1 aliphatic heterocycles. The predicted molar refractivity (Wildman–Crippen MR) is 79.8 cm³/mol. The number of ether oxygens (including phenoxy) is 2. The van der Waals surface area contributed by atoms with Crippen molar-refractivity contribution in [2.45, 2.75) is 31.1 Å². The summed E-state index contributed by atoms with van der Waals surface area (Å²) in [5, 5.41) is 0. The summed E-state index contributed by atoms with van der Waals surface area (Å²) in [6.45, 7) is 2.32. The smallest absolute Gasteiger partial charge is 0.338 e. The van der Waals surface area contributed by atoms with Crippen LogP contribution in [-0.4, -0.2) is 38.1 Å². The summed E-state index contributed by atoms with van der Waals surface area (Å²) in [7, 11) is -4.57. The molecule has 23 heavy (non-hydrogen) atoms. The summed E-state index contributed by atoms with van der Waals surface area (Å²) in [5.74, 6) is -1.37. The van der Waals surface area contributed by atoms with E-state index in [4.69, 9.17) is 9.47 Å². The minimum absolute atomic E-state index is 0.126. The first kappa shape index (κ1) is 17.4. The van der Waals surface area contributed by atoms with Gasteiger partial charge in [0, 0.05) is 0 Å². The molecule has 126 valence electrons. The lowest BCUT2D eigenvalue weighted by molar-refractivity contribution is 0.0435. The normalized spacial score (nSPS) is 20.5. The second-order valence-corrected chi connectivity index (χ2v) is 6.98. The van der Waals surface area contributed by atoms with Crippen molar-refractivity contribution in [3.8, 4) is 0 Å². The highest BCUT2D eigenvalue weighted by Gasteiger charge is 2.21. The van der Waals surface area contributed by atoms with Gasteiger partial charge in [0.15, 0.2) is 0 Å². The van der Waals surface area contributed by atoms with Gasteiger partial charge in [0.2, 0.25) is 0 Å². The van der Waals surface area contributed by atoms with E-state index in [0.29, 0.717) is 6.42 Å². The fourth-order valence-electron chi connectivity index (χ4n) is 2.21. The van der Waals surface area contributed by atoms with Crippen molar-refractivity contribution in [2.24, 2.45) is 5.92 Å². The van der Waals surface area contributed by atoms with Gasteiger partial charge in [-0.25, -0.2) is 9.59 Å². The summed E-state index contributed by atoms with van der Waals surface area (Å²) >= 11 is 0. The van der Waals surface area contributed by atoms with Gasteiger partial charge < -0.3 is 9.47 Å². The van der Waals surface area contributed by atoms with E-state index < -0.39 is 27.0 Å². The number of carbonyl (C=O) groups excluding carboxylic acids is 2. The lowest BCUT2D eigenvalue weighted by Gasteiger charge is -2.11. The topological polar surface area (TPSA) is 107 Å². The van der Waals surface area contributed by atoms with Gasteiger partial charge in [0.05, 0.1) is 29.2 Å². The Morgan fingerprint density at radius 1 is 1.04 bits per heavy atom. The monoisotopic (exact) mass is 342 g/mol. The average Bonchev–Trinajstić information content (AvgIpc) is 2.50. The molecule has 0 aromatic heterocycles. The van der Waals surface area contributed by atoms with E-state index in [0.717, 1.165) is 25.0 Å². The van der Waals surface area contributed by atoms with E-state index in [1.807, 2.05) is 6.92 Å². The average molecular weight is 342 g/mol. The van der Waals surface area contributed by atoms with Gasteiger partial charge in [-0.05, 0) is 43.4 Å². The maximum atomic E-state index is 12.1. The first-order valence-corrected chi connectivity index (χ1v) is 8.68. The van der Waals surface area contributed by atoms with Crippen LogP contribution in [-0.2, 0) is 19.6 Å². The molecule has 1 unspecified atom stereocenters. The summed E-state index contributed by atoms with van der Waals surface area (Å²) < 4.78 is 42.0. The number of carbonyl (C=O) groups is 2. The van der Waals surface area contributed by atoms with Gasteiger partial charge >= 0.3 is 11.9 Å². The van der Waals surface area contributed by atoms with E-state index in [9.17, 15) is 22.6 Å².